The lowest BCUT2D eigenvalue weighted by Gasteiger charge is -2.16. The summed E-state index contributed by atoms with van der Waals surface area (Å²) >= 11 is 0. The summed E-state index contributed by atoms with van der Waals surface area (Å²) in [5.41, 5.74) is 0.721. The van der Waals surface area contributed by atoms with Crippen LogP contribution in [0.5, 0.6) is 0 Å². The first-order chi connectivity index (χ1) is 8.34. The maximum Gasteiger partial charge on any atom is 0.175 e. The lowest BCUT2D eigenvalue weighted by atomic mass is 10.1. The van der Waals surface area contributed by atoms with Crippen LogP contribution in [0.3, 0.4) is 0 Å². The van der Waals surface area contributed by atoms with Crippen LogP contribution in [0.1, 0.15) is 31.9 Å². The number of nitrogens with one attached hydrogen (secondary N) is 1. The van der Waals surface area contributed by atoms with E-state index in [0.29, 0.717) is 12.6 Å². The van der Waals surface area contributed by atoms with Crippen LogP contribution in [0.15, 0.2) is 29.2 Å². The first kappa shape index (κ1) is 15.1. The molecule has 0 saturated carbocycles. The second-order valence-electron chi connectivity index (χ2n) is 4.57. The van der Waals surface area contributed by atoms with E-state index in [9.17, 15) is 13.5 Å². The molecule has 0 amide bonds. The van der Waals surface area contributed by atoms with Crippen molar-refractivity contribution in [2.45, 2.75) is 37.3 Å². The molecule has 0 aliphatic carbocycles. The molecule has 1 aromatic carbocycles. The molecule has 102 valence electrons. The molecule has 0 aliphatic rings. The van der Waals surface area contributed by atoms with Crippen LogP contribution in [0, 0.1) is 0 Å². The summed E-state index contributed by atoms with van der Waals surface area (Å²) in [6.07, 6.45) is 1.55. The summed E-state index contributed by atoms with van der Waals surface area (Å²) in [6.45, 7) is 4.59. The van der Waals surface area contributed by atoms with E-state index in [1.807, 2.05) is 0 Å². The van der Waals surface area contributed by atoms with Gasteiger partial charge in [-0.25, -0.2) is 8.42 Å². The van der Waals surface area contributed by atoms with Crippen LogP contribution in [0.4, 0.5) is 0 Å². The average Bonchev–Trinajstić information content (AvgIpc) is 2.34. The quantitative estimate of drug-likeness (QED) is 0.823. The molecule has 1 aromatic rings. The molecule has 0 fully saturated rings. The minimum atomic E-state index is -3.17. The van der Waals surface area contributed by atoms with Crippen molar-refractivity contribution in [3.05, 3.63) is 29.8 Å². The molecule has 0 bridgehead atoms. The fourth-order valence-corrected chi connectivity index (χ4v) is 2.14. The Morgan fingerprint density at radius 2 is 1.83 bits per heavy atom. The van der Waals surface area contributed by atoms with E-state index in [4.69, 9.17) is 0 Å². The number of aliphatic hydroxyl groups is 1. The van der Waals surface area contributed by atoms with E-state index < -0.39 is 15.9 Å². The van der Waals surface area contributed by atoms with Gasteiger partial charge in [0.25, 0.3) is 0 Å². The molecule has 0 spiro atoms. The molecule has 2 N–H and O–H groups in total. The largest absolute Gasteiger partial charge is 0.387 e. The van der Waals surface area contributed by atoms with Gasteiger partial charge in [0.2, 0.25) is 0 Å². The van der Waals surface area contributed by atoms with Crippen LogP contribution in [0.25, 0.3) is 0 Å². The first-order valence-corrected chi connectivity index (χ1v) is 7.95. The number of hydrogen-bond donors (Lipinski definition) is 2. The van der Waals surface area contributed by atoms with Crippen molar-refractivity contribution in [3.63, 3.8) is 0 Å². The van der Waals surface area contributed by atoms with E-state index in [2.05, 4.69) is 19.2 Å². The second-order valence-corrected chi connectivity index (χ2v) is 6.59. The second kappa shape index (κ2) is 6.31. The molecule has 0 saturated heterocycles. The summed E-state index contributed by atoms with van der Waals surface area (Å²) in [4.78, 5) is 0.272. The molecule has 18 heavy (non-hydrogen) atoms. The molecule has 4 nitrogen and oxygen atoms in total. The lowest BCUT2D eigenvalue weighted by molar-refractivity contribution is 0.170. The minimum Gasteiger partial charge on any atom is -0.387 e. The maximum atomic E-state index is 11.3. The summed E-state index contributed by atoms with van der Waals surface area (Å²) in [6, 6.07) is 6.71. The highest BCUT2D eigenvalue weighted by atomic mass is 32.2. The summed E-state index contributed by atoms with van der Waals surface area (Å²) in [5, 5.41) is 13.2. The number of rotatable bonds is 6. The monoisotopic (exact) mass is 271 g/mol. The van der Waals surface area contributed by atoms with Gasteiger partial charge in [0.05, 0.1) is 11.0 Å². The predicted octanol–water partition coefficient (Wildman–Crippen LogP) is 1.51. The summed E-state index contributed by atoms with van der Waals surface area (Å²) < 4.78 is 22.6. The molecular formula is C13H21NO3S. The van der Waals surface area contributed by atoms with Crippen molar-refractivity contribution in [3.8, 4) is 0 Å². The first-order valence-electron chi connectivity index (χ1n) is 6.06. The summed E-state index contributed by atoms with van der Waals surface area (Å²) in [7, 11) is -3.17. The topological polar surface area (TPSA) is 66.4 Å². The molecule has 0 aromatic heterocycles. The van der Waals surface area contributed by atoms with Crippen LogP contribution in [0.2, 0.25) is 0 Å². The van der Waals surface area contributed by atoms with Crippen molar-refractivity contribution >= 4 is 9.84 Å². The number of benzene rings is 1. The minimum absolute atomic E-state index is 0.272. The van der Waals surface area contributed by atoms with Gasteiger partial charge in [0.15, 0.2) is 9.84 Å². The highest BCUT2D eigenvalue weighted by Gasteiger charge is 2.11. The lowest BCUT2D eigenvalue weighted by Crippen LogP contribution is -2.29. The van der Waals surface area contributed by atoms with Gasteiger partial charge in [-0.05, 0) is 31.0 Å². The van der Waals surface area contributed by atoms with E-state index in [1.165, 1.54) is 18.4 Å². The van der Waals surface area contributed by atoms with Gasteiger partial charge in [-0.15, -0.1) is 0 Å². The normalized spacial score (nSPS) is 15.3. The highest BCUT2D eigenvalue weighted by molar-refractivity contribution is 7.90. The molecule has 0 aliphatic heterocycles. The fraction of sp³-hybridized carbons (Fsp3) is 0.538. The van der Waals surface area contributed by atoms with Gasteiger partial charge in [-0.1, -0.05) is 19.1 Å². The zero-order chi connectivity index (χ0) is 13.8. The number of aliphatic hydroxyl groups excluding tert-OH is 1. The van der Waals surface area contributed by atoms with Crippen molar-refractivity contribution in [2.24, 2.45) is 0 Å². The summed E-state index contributed by atoms with van der Waals surface area (Å²) in [5.74, 6) is 0. The molecule has 0 radical (unpaired) electrons. The van der Waals surface area contributed by atoms with Crippen molar-refractivity contribution in [2.75, 3.05) is 12.8 Å². The van der Waals surface area contributed by atoms with Gasteiger partial charge in [-0.2, -0.15) is 0 Å². The Balaban J connectivity index is 2.68. The fourth-order valence-electron chi connectivity index (χ4n) is 1.51. The van der Waals surface area contributed by atoms with Crippen molar-refractivity contribution in [1.29, 1.82) is 0 Å². The van der Waals surface area contributed by atoms with E-state index in [1.54, 1.807) is 12.1 Å². The standard InChI is InChI=1S/C13H21NO3S/c1-4-10(2)14-9-13(15)11-5-7-12(8-6-11)18(3,16)17/h5-8,10,13-15H,4,9H2,1-3H3. The molecule has 2 atom stereocenters. The van der Waals surface area contributed by atoms with Gasteiger partial charge in [0.1, 0.15) is 0 Å². The Labute approximate surface area is 109 Å². The predicted molar refractivity (Wildman–Crippen MR) is 72.3 cm³/mol. The zero-order valence-electron chi connectivity index (χ0n) is 11.1. The third-order valence-corrected chi connectivity index (χ3v) is 4.09. The van der Waals surface area contributed by atoms with Crippen LogP contribution in [-0.4, -0.2) is 32.4 Å². The van der Waals surface area contributed by atoms with Gasteiger partial charge < -0.3 is 10.4 Å². The molecule has 1 rings (SSSR count). The van der Waals surface area contributed by atoms with Crippen LogP contribution in [-0.2, 0) is 9.84 Å². The zero-order valence-corrected chi connectivity index (χ0v) is 11.9. The van der Waals surface area contributed by atoms with E-state index >= 15 is 0 Å². The van der Waals surface area contributed by atoms with Crippen molar-refractivity contribution in [1.82, 2.24) is 5.32 Å². The number of sulfone groups is 1. The average molecular weight is 271 g/mol. The van der Waals surface area contributed by atoms with Crippen molar-refractivity contribution < 1.29 is 13.5 Å². The van der Waals surface area contributed by atoms with Gasteiger partial charge >= 0.3 is 0 Å². The smallest absolute Gasteiger partial charge is 0.175 e. The van der Waals surface area contributed by atoms with Crippen LogP contribution >= 0.6 is 0 Å². The van der Waals surface area contributed by atoms with E-state index in [-0.39, 0.29) is 4.90 Å². The Morgan fingerprint density at radius 3 is 2.28 bits per heavy atom. The molecule has 2 unspecified atom stereocenters. The Hall–Kier alpha value is -0.910. The highest BCUT2D eigenvalue weighted by Crippen LogP contribution is 2.16. The SMILES string of the molecule is CCC(C)NCC(O)c1ccc(S(C)(=O)=O)cc1. The molecular weight excluding hydrogens is 250 g/mol. The van der Waals surface area contributed by atoms with Gasteiger partial charge in [0, 0.05) is 18.8 Å². The van der Waals surface area contributed by atoms with Crippen LogP contribution < -0.4 is 5.32 Å². The number of hydrogen-bond acceptors (Lipinski definition) is 4. The third-order valence-electron chi connectivity index (χ3n) is 2.97. The van der Waals surface area contributed by atoms with E-state index in [0.717, 1.165) is 12.0 Å². The Kier molecular flexibility index (Phi) is 5.31. The third kappa shape index (κ3) is 4.40. The Morgan fingerprint density at radius 1 is 1.28 bits per heavy atom. The molecule has 0 heterocycles. The molecule has 5 heteroatoms. The maximum absolute atomic E-state index is 11.3. The van der Waals surface area contributed by atoms with Gasteiger partial charge in [-0.3, -0.25) is 0 Å². The Bertz CT molecular complexity index is 468.